The van der Waals surface area contributed by atoms with Gasteiger partial charge in [-0.3, -0.25) is 4.79 Å². The van der Waals surface area contributed by atoms with Gasteiger partial charge in [0.05, 0.1) is 0 Å². The molecular weight excluding hydrogens is 304 g/mol. The molecule has 132 valence electrons. The second kappa shape index (κ2) is 10.0. The molecule has 0 aromatic heterocycles. The van der Waals surface area contributed by atoms with Crippen LogP contribution in [0.25, 0.3) is 10.8 Å². The number of carbonyl (C=O) groups is 1. The van der Waals surface area contributed by atoms with Crippen molar-refractivity contribution in [3.63, 3.8) is 0 Å². The molecule has 0 amide bonds. The smallest absolute Gasteiger partial charge is 0.160 e. The van der Waals surface area contributed by atoms with E-state index in [0.29, 0.717) is 0 Å². The third kappa shape index (κ3) is 5.20. The first kappa shape index (κ1) is 19.3. The molecule has 1 nitrogen and oxygen atoms in total. The Morgan fingerprint density at radius 1 is 0.960 bits per heavy atom. The third-order valence-corrected chi connectivity index (χ3v) is 4.66. The minimum atomic E-state index is 0.158. The molecule has 0 radical (unpaired) electrons. The molecule has 0 heterocycles. The summed E-state index contributed by atoms with van der Waals surface area (Å²) in [7, 11) is 0. The molecule has 2 rings (SSSR count). The summed E-state index contributed by atoms with van der Waals surface area (Å²) in [5.41, 5.74) is 3.13. The molecule has 0 atom stereocenters. The molecule has 0 N–H and O–H groups in total. The van der Waals surface area contributed by atoms with Gasteiger partial charge < -0.3 is 0 Å². The predicted octanol–water partition coefficient (Wildman–Crippen LogP) is 6.71. The fourth-order valence-electron chi connectivity index (χ4n) is 3.34. The second-order valence-electron chi connectivity index (χ2n) is 6.78. The van der Waals surface area contributed by atoms with Gasteiger partial charge in [0.25, 0.3) is 0 Å². The maximum absolute atomic E-state index is 12.3. The van der Waals surface area contributed by atoms with Crippen molar-refractivity contribution in [3.8, 4) is 11.8 Å². The molecule has 0 aliphatic rings. The molecule has 0 aliphatic heterocycles. The summed E-state index contributed by atoms with van der Waals surface area (Å²) < 4.78 is 0. The number of aryl methyl sites for hydroxylation is 1. The molecule has 25 heavy (non-hydrogen) atoms. The Morgan fingerprint density at radius 2 is 1.64 bits per heavy atom. The summed E-state index contributed by atoms with van der Waals surface area (Å²) in [5.74, 6) is 6.88. The highest BCUT2D eigenvalue weighted by atomic mass is 16.1. The largest absolute Gasteiger partial charge is 0.294 e. The number of fused-ring (bicyclic) bond motifs is 1. The first-order chi connectivity index (χ1) is 12.2. The molecule has 0 bridgehead atoms. The number of rotatable bonds is 8. The van der Waals surface area contributed by atoms with Crippen LogP contribution in [0, 0.1) is 11.8 Å². The van der Waals surface area contributed by atoms with Gasteiger partial charge in [0.1, 0.15) is 0 Å². The topological polar surface area (TPSA) is 17.1 Å². The van der Waals surface area contributed by atoms with E-state index in [1.54, 1.807) is 6.92 Å². The summed E-state index contributed by atoms with van der Waals surface area (Å²) in [6.45, 7) is 6.10. The van der Waals surface area contributed by atoms with Crippen molar-refractivity contribution in [2.45, 2.75) is 72.1 Å². The summed E-state index contributed by atoms with van der Waals surface area (Å²) in [6.07, 6.45) is 9.03. The van der Waals surface area contributed by atoms with E-state index in [-0.39, 0.29) is 5.78 Å². The van der Waals surface area contributed by atoms with Gasteiger partial charge in [-0.1, -0.05) is 75.6 Å². The SMILES string of the molecule is CCCCCC#Cc1cc(CCCCC)c(C(C)=O)c2ccccc12. The molecule has 0 fully saturated rings. The molecule has 0 aliphatic carbocycles. The first-order valence-corrected chi connectivity index (χ1v) is 9.73. The van der Waals surface area contributed by atoms with Crippen molar-refractivity contribution in [1.29, 1.82) is 0 Å². The average Bonchev–Trinajstić information content (AvgIpc) is 2.61. The van der Waals surface area contributed by atoms with Crippen LogP contribution in [-0.2, 0) is 6.42 Å². The zero-order chi connectivity index (χ0) is 18.1. The highest BCUT2D eigenvalue weighted by molar-refractivity contribution is 6.09. The Morgan fingerprint density at radius 3 is 2.32 bits per heavy atom. The fourth-order valence-corrected chi connectivity index (χ4v) is 3.34. The molecular formula is C24H30O. The maximum atomic E-state index is 12.3. The van der Waals surface area contributed by atoms with E-state index < -0.39 is 0 Å². The Balaban J connectivity index is 2.46. The van der Waals surface area contributed by atoms with Crippen LogP contribution in [-0.4, -0.2) is 5.78 Å². The molecule has 2 aromatic rings. The first-order valence-electron chi connectivity index (χ1n) is 9.73. The monoisotopic (exact) mass is 334 g/mol. The van der Waals surface area contributed by atoms with Gasteiger partial charge in [-0.05, 0) is 48.6 Å². The maximum Gasteiger partial charge on any atom is 0.160 e. The highest BCUT2D eigenvalue weighted by Crippen LogP contribution is 2.28. The van der Waals surface area contributed by atoms with Gasteiger partial charge in [0, 0.05) is 17.5 Å². The quantitative estimate of drug-likeness (QED) is 0.298. The number of ketones is 1. The van der Waals surface area contributed by atoms with Crippen molar-refractivity contribution in [1.82, 2.24) is 0 Å². The lowest BCUT2D eigenvalue weighted by Crippen LogP contribution is -2.03. The Kier molecular flexibility index (Phi) is 7.74. The summed E-state index contributed by atoms with van der Waals surface area (Å²) in [4.78, 5) is 12.3. The predicted molar refractivity (Wildman–Crippen MR) is 108 cm³/mol. The van der Waals surface area contributed by atoms with Crippen LogP contribution in [0.4, 0.5) is 0 Å². The normalized spacial score (nSPS) is 10.5. The zero-order valence-electron chi connectivity index (χ0n) is 16.0. The number of hydrogen-bond acceptors (Lipinski definition) is 1. The van der Waals surface area contributed by atoms with E-state index in [4.69, 9.17) is 0 Å². The molecule has 0 saturated carbocycles. The van der Waals surface area contributed by atoms with Crippen LogP contribution in [0.3, 0.4) is 0 Å². The minimum absolute atomic E-state index is 0.158. The van der Waals surface area contributed by atoms with Crippen LogP contribution >= 0.6 is 0 Å². The van der Waals surface area contributed by atoms with E-state index in [9.17, 15) is 4.79 Å². The summed E-state index contributed by atoms with van der Waals surface area (Å²) in [5, 5.41) is 2.16. The van der Waals surface area contributed by atoms with Crippen LogP contribution in [0.1, 0.15) is 87.2 Å². The molecule has 0 spiro atoms. The van der Waals surface area contributed by atoms with E-state index in [0.717, 1.165) is 53.1 Å². The number of benzene rings is 2. The van der Waals surface area contributed by atoms with Gasteiger partial charge in [-0.2, -0.15) is 0 Å². The fraction of sp³-hybridized carbons (Fsp3) is 0.458. The summed E-state index contributed by atoms with van der Waals surface area (Å²) >= 11 is 0. The Hall–Kier alpha value is -2.07. The third-order valence-electron chi connectivity index (χ3n) is 4.66. The molecule has 0 saturated heterocycles. The molecule has 2 aromatic carbocycles. The number of Topliss-reactive ketones (excluding diaryl/α,β-unsaturated/α-hetero) is 1. The van der Waals surface area contributed by atoms with Crippen LogP contribution < -0.4 is 0 Å². The lowest BCUT2D eigenvalue weighted by atomic mass is 9.90. The standard InChI is InChI=1S/C24H30O/c1-4-6-8-9-11-14-20-18-21(15-10-7-5-2)24(19(3)25)23-17-13-12-16-22(20)23/h12-13,16-18H,4-10,15H2,1-3H3. The van der Waals surface area contributed by atoms with Crippen LogP contribution in [0.5, 0.6) is 0 Å². The lowest BCUT2D eigenvalue weighted by Gasteiger charge is -2.13. The van der Waals surface area contributed by atoms with Crippen molar-refractivity contribution in [2.75, 3.05) is 0 Å². The zero-order valence-corrected chi connectivity index (χ0v) is 16.0. The minimum Gasteiger partial charge on any atom is -0.294 e. The summed E-state index contributed by atoms with van der Waals surface area (Å²) in [6, 6.07) is 10.4. The molecule has 0 unspecified atom stereocenters. The highest BCUT2D eigenvalue weighted by Gasteiger charge is 2.14. The number of unbranched alkanes of at least 4 members (excludes halogenated alkanes) is 5. The van der Waals surface area contributed by atoms with E-state index >= 15 is 0 Å². The second-order valence-corrected chi connectivity index (χ2v) is 6.78. The average molecular weight is 335 g/mol. The van der Waals surface area contributed by atoms with Crippen molar-refractivity contribution in [3.05, 3.63) is 47.0 Å². The van der Waals surface area contributed by atoms with Crippen molar-refractivity contribution >= 4 is 16.6 Å². The van der Waals surface area contributed by atoms with E-state index in [2.05, 4.69) is 43.9 Å². The van der Waals surface area contributed by atoms with E-state index in [1.807, 2.05) is 12.1 Å². The van der Waals surface area contributed by atoms with Crippen molar-refractivity contribution < 1.29 is 4.79 Å². The number of carbonyl (C=O) groups excluding carboxylic acids is 1. The molecule has 1 heteroatoms. The number of hydrogen-bond donors (Lipinski definition) is 0. The van der Waals surface area contributed by atoms with Crippen LogP contribution in [0.15, 0.2) is 30.3 Å². The van der Waals surface area contributed by atoms with Gasteiger partial charge in [0.15, 0.2) is 5.78 Å². The van der Waals surface area contributed by atoms with Gasteiger partial charge in [-0.15, -0.1) is 0 Å². The van der Waals surface area contributed by atoms with Gasteiger partial charge in [-0.25, -0.2) is 0 Å². The van der Waals surface area contributed by atoms with Gasteiger partial charge in [0.2, 0.25) is 0 Å². The van der Waals surface area contributed by atoms with Crippen molar-refractivity contribution in [2.24, 2.45) is 0 Å². The van der Waals surface area contributed by atoms with E-state index in [1.165, 1.54) is 25.7 Å². The Labute approximate surface area is 152 Å². The van der Waals surface area contributed by atoms with Crippen LogP contribution in [0.2, 0.25) is 0 Å². The Bertz CT molecular complexity index is 774. The van der Waals surface area contributed by atoms with Gasteiger partial charge >= 0.3 is 0 Å². The lowest BCUT2D eigenvalue weighted by molar-refractivity contribution is 0.101.